The van der Waals surface area contributed by atoms with Crippen molar-refractivity contribution in [3.63, 3.8) is 0 Å². The third kappa shape index (κ3) is 17.3. The Morgan fingerprint density at radius 1 is 0.500 bits per heavy atom. The summed E-state index contributed by atoms with van der Waals surface area (Å²) in [5.74, 6) is 6.20. The fourth-order valence-corrected chi connectivity index (χ4v) is 3.71. The first kappa shape index (κ1) is 25.8. The molecule has 0 unspecified atom stereocenters. The van der Waals surface area contributed by atoms with Crippen molar-refractivity contribution in [1.29, 1.82) is 0 Å². The molecule has 0 aromatic heterocycles. The number of nitrogens with zero attached hydrogens (tertiary/aromatic N) is 1. The Labute approximate surface area is 163 Å². The Hall–Kier alpha value is -0.160. The maximum absolute atomic E-state index is 9.09. The van der Waals surface area contributed by atoms with Crippen molar-refractivity contribution < 1.29 is 14.8 Å². The molecule has 0 aliphatic carbocycles. The zero-order valence-electron chi connectivity index (χ0n) is 17.8. The molecule has 26 heavy (non-hydrogen) atoms. The van der Waals surface area contributed by atoms with E-state index in [1.807, 2.05) is 0 Å². The second kappa shape index (κ2) is 19.6. The van der Waals surface area contributed by atoms with E-state index in [0.717, 1.165) is 13.0 Å². The average Bonchev–Trinajstić information content (AvgIpc) is 2.62. The number of nitrogens with two attached hydrogens (primary N) is 1. The predicted molar refractivity (Wildman–Crippen MR) is 113 cm³/mol. The standard InChI is InChI=1S/C22H49N2O2/c1-2-3-4-5-6-7-8-9-10-11-12-13-14-15-16-17-18-24(23,19-21-25)20-22-26/h25-26H,2-23H2,1H3/q+1. The summed E-state index contributed by atoms with van der Waals surface area (Å²) >= 11 is 0. The summed E-state index contributed by atoms with van der Waals surface area (Å²) in [6, 6.07) is 0. The van der Waals surface area contributed by atoms with Gasteiger partial charge >= 0.3 is 0 Å². The van der Waals surface area contributed by atoms with Gasteiger partial charge in [0.2, 0.25) is 0 Å². The van der Waals surface area contributed by atoms with Crippen molar-refractivity contribution >= 4 is 0 Å². The molecule has 0 heterocycles. The van der Waals surface area contributed by atoms with Gasteiger partial charge in [-0.3, -0.25) is 0 Å². The van der Waals surface area contributed by atoms with Crippen LogP contribution in [0.15, 0.2) is 0 Å². The maximum Gasteiger partial charge on any atom is 0.119 e. The molecule has 0 rings (SSSR count). The number of aliphatic hydroxyl groups is 2. The maximum atomic E-state index is 9.09. The molecule has 0 saturated carbocycles. The average molecular weight is 374 g/mol. The number of hydrogen-bond donors (Lipinski definition) is 3. The number of quaternary nitrogens is 1. The van der Waals surface area contributed by atoms with Gasteiger partial charge in [0.15, 0.2) is 0 Å². The Morgan fingerprint density at radius 2 is 0.808 bits per heavy atom. The van der Waals surface area contributed by atoms with Crippen LogP contribution in [0, 0.1) is 0 Å². The lowest BCUT2D eigenvalue weighted by Gasteiger charge is -2.31. The minimum Gasteiger partial charge on any atom is -0.390 e. The molecular weight excluding hydrogens is 324 g/mol. The molecule has 0 aromatic rings. The third-order valence-electron chi connectivity index (χ3n) is 5.55. The van der Waals surface area contributed by atoms with Gasteiger partial charge in [-0.05, 0) is 12.8 Å². The lowest BCUT2D eigenvalue weighted by Crippen LogP contribution is -2.57. The first-order valence-corrected chi connectivity index (χ1v) is 11.5. The molecule has 4 heteroatoms. The van der Waals surface area contributed by atoms with Crippen molar-refractivity contribution in [2.75, 3.05) is 32.8 Å². The largest absolute Gasteiger partial charge is 0.390 e. The second-order valence-corrected chi connectivity index (χ2v) is 8.14. The zero-order valence-corrected chi connectivity index (χ0v) is 17.8. The number of hydrogen-bond acceptors (Lipinski definition) is 3. The molecule has 4 nitrogen and oxygen atoms in total. The summed E-state index contributed by atoms with van der Waals surface area (Å²) in [6.45, 7) is 4.41. The minimum absolute atomic E-state index is 0.0926. The van der Waals surface area contributed by atoms with Crippen molar-refractivity contribution in [2.24, 2.45) is 5.84 Å². The summed E-state index contributed by atoms with van der Waals surface area (Å²) in [5, 5.41) is 18.2. The molecule has 0 amide bonds. The molecule has 0 atom stereocenters. The number of unbranched alkanes of at least 4 members (excludes halogenated alkanes) is 15. The van der Waals surface area contributed by atoms with E-state index in [-0.39, 0.29) is 13.2 Å². The molecule has 0 aliphatic heterocycles. The van der Waals surface area contributed by atoms with Gasteiger partial charge in [-0.15, -0.1) is 0 Å². The van der Waals surface area contributed by atoms with Gasteiger partial charge in [0.05, 0.1) is 19.8 Å². The fraction of sp³-hybridized carbons (Fsp3) is 1.00. The predicted octanol–water partition coefficient (Wildman–Crippen LogP) is 4.92. The summed E-state index contributed by atoms with van der Waals surface area (Å²) in [7, 11) is 0. The van der Waals surface area contributed by atoms with E-state index in [4.69, 9.17) is 16.1 Å². The van der Waals surface area contributed by atoms with E-state index in [1.54, 1.807) is 0 Å². The van der Waals surface area contributed by atoms with E-state index in [0.29, 0.717) is 17.7 Å². The van der Waals surface area contributed by atoms with Gasteiger partial charge in [-0.25, -0.2) is 4.59 Å². The van der Waals surface area contributed by atoms with Gasteiger partial charge in [0.1, 0.15) is 13.1 Å². The molecule has 158 valence electrons. The Balaban J connectivity index is 3.26. The van der Waals surface area contributed by atoms with Crippen LogP contribution in [0.4, 0.5) is 0 Å². The summed E-state index contributed by atoms with van der Waals surface area (Å²) in [6.07, 6.45) is 21.9. The summed E-state index contributed by atoms with van der Waals surface area (Å²) in [4.78, 5) is 0. The topological polar surface area (TPSA) is 66.5 Å². The van der Waals surface area contributed by atoms with Crippen LogP contribution in [0.5, 0.6) is 0 Å². The van der Waals surface area contributed by atoms with Crippen LogP contribution in [0.1, 0.15) is 110 Å². The van der Waals surface area contributed by atoms with Crippen LogP contribution in [-0.4, -0.2) is 47.7 Å². The number of aliphatic hydroxyl groups excluding tert-OH is 2. The highest BCUT2D eigenvalue weighted by Crippen LogP contribution is 2.14. The zero-order chi connectivity index (χ0) is 19.3. The molecule has 0 fully saturated rings. The van der Waals surface area contributed by atoms with Crippen LogP contribution in [0.3, 0.4) is 0 Å². The normalized spacial score (nSPS) is 12.0. The molecule has 0 bridgehead atoms. The van der Waals surface area contributed by atoms with Crippen molar-refractivity contribution in [3.05, 3.63) is 0 Å². The molecule has 0 aromatic carbocycles. The van der Waals surface area contributed by atoms with E-state index >= 15 is 0 Å². The molecule has 0 saturated heterocycles. The van der Waals surface area contributed by atoms with Crippen molar-refractivity contribution in [2.45, 2.75) is 110 Å². The third-order valence-corrected chi connectivity index (χ3v) is 5.55. The number of rotatable bonds is 21. The van der Waals surface area contributed by atoms with Gasteiger partial charge in [-0.2, -0.15) is 5.84 Å². The second-order valence-electron chi connectivity index (χ2n) is 8.14. The van der Waals surface area contributed by atoms with E-state index in [1.165, 1.54) is 96.3 Å². The van der Waals surface area contributed by atoms with E-state index in [2.05, 4.69) is 6.92 Å². The van der Waals surface area contributed by atoms with Crippen LogP contribution >= 0.6 is 0 Å². The van der Waals surface area contributed by atoms with Gasteiger partial charge in [-0.1, -0.05) is 96.8 Å². The van der Waals surface area contributed by atoms with Crippen LogP contribution in [0.25, 0.3) is 0 Å². The molecule has 0 radical (unpaired) electrons. The monoisotopic (exact) mass is 373 g/mol. The highest BCUT2D eigenvalue weighted by atomic mass is 16.3. The van der Waals surface area contributed by atoms with Gasteiger partial charge in [0, 0.05) is 0 Å². The first-order valence-electron chi connectivity index (χ1n) is 11.5. The van der Waals surface area contributed by atoms with Gasteiger partial charge in [0.25, 0.3) is 0 Å². The fourth-order valence-electron chi connectivity index (χ4n) is 3.71. The molecule has 0 aliphatic rings. The van der Waals surface area contributed by atoms with E-state index < -0.39 is 0 Å². The Bertz CT molecular complexity index is 269. The summed E-state index contributed by atoms with van der Waals surface area (Å²) < 4.78 is 0.311. The Kier molecular flexibility index (Phi) is 19.5. The lowest BCUT2D eigenvalue weighted by atomic mass is 10.0. The molecular formula is C22H49N2O2+. The quantitative estimate of drug-likeness (QED) is 0.116. The van der Waals surface area contributed by atoms with Crippen LogP contribution < -0.4 is 5.84 Å². The lowest BCUT2D eigenvalue weighted by molar-refractivity contribution is -0.940. The van der Waals surface area contributed by atoms with Crippen molar-refractivity contribution in [1.82, 2.24) is 0 Å². The SMILES string of the molecule is CCCCCCCCCCCCCCCCCC[N+](N)(CCO)CCO. The highest BCUT2D eigenvalue weighted by molar-refractivity contribution is 4.50. The smallest absolute Gasteiger partial charge is 0.119 e. The molecule has 4 N–H and O–H groups in total. The van der Waals surface area contributed by atoms with Gasteiger partial charge < -0.3 is 10.2 Å². The minimum atomic E-state index is 0.0926. The summed E-state index contributed by atoms with van der Waals surface area (Å²) in [5.41, 5.74) is 0. The first-order chi connectivity index (χ1) is 12.7. The van der Waals surface area contributed by atoms with Crippen LogP contribution in [0.2, 0.25) is 0 Å². The van der Waals surface area contributed by atoms with Crippen molar-refractivity contribution in [3.8, 4) is 0 Å². The highest BCUT2D eigenvalue weighted by Gasteiger charge is 2.20. The van der Waals surface area contributed by atoms with E-state index in [9.17, 15) is 0 Å². The van der Waals surface area contributed by atoms with Crippen LogP contribution in [-0.2, 0) is 0 Å². The molecule has 0 spiro atoms. The Morgan fingerprint density at radius 3 is 1.12 bits per heavy atom.